The Morgan fingerprint density at radius 2 is 1.95 bits per heavy atom. The third-order valence-electron chi connectivity index (χ3n) is 3.46. The maximum atomic E-state index is 13.5. The molecule has 0 bridgehead atoms. The van der Waals surface area contributed by atoms with E-state index in [2.05, 4.69) is 15.9 Å². The van der Waals surface area contributed by atoms with Crippen LogP contribution in [0.15, 0.2) is 34.8 Å². The Morgan fingerprint density at radius 1 is 1.20 bits per heavy atom. The molecular formula is C15H11BrF2N2. The largest absolute Gasteiger partial charge is 0.322 e. The Labute approximate surface area is 123 Å². The quantitative estimate of drug-likeness (QED) is 0.821. The Bertz CT molecular complexity index is 728. The van der Waals surface area contributed by atoms with Crippen LogP contribution in [0.25, 0.3) is 0 Å². The van der Waals surface area contributed by atoms with E-state index in [9.17, 15) is 8.78 Å². The molecule has 3 rings (SSSR count). The van der Waals surface area contributed by atoms with Crippen molar-refractivity contribution in [3.63, 3.8) is 0 Å². The summed E-state index contributed by atoms with van der Waals surface area (Å²) in [6, 6.07) is 7.53. The van der Waals surface area contributed by atoms with E-state index in [1.54, 1.807) is 24.0 Å². The van der Waals surface area contributed by atoms with E-state index >= 15 is 0 Å². The van der Waals surface area contributed by atoms with Gasteiger partial charge < -0.3 is 4.90 Å². The average molecular weight is 337 g/mol. The standard InChI is InChI=1S/C15H11BrF2N2/c1-8-4-13(18)12(16)6-14(8)20-7-9-2-3-10(17)5-11(9)15(20)19/h2-6,19H,7H2,1H3. The molecule has 5 heteroatoms. The van der Waals surface area contributed by atoms with Crippen molar-refractivity contribution in [3.8, 4) is 0 Å². The molecule has 1 aliphatic rings. The maximum absolute atomic E-state index is 13.5. The van der Waals surface area contributed by atoms with Crippen LogP contribution in [-0.2, 0) is 6.54 Å². The number of rotatable bonds is 1. The van der Waals surface area contributed by atoms with Gasteiger partial charge in [0, 0.05) is 11.3 Å². The van der Waals surface area contributed by atoms with Gasteiger partial charge in [0.1, 0.15) is 17.5 Å². The Morgan fingerprint density at radius 3 is 2.70 bits per heavy atom. The molecule has 1 aliphatic heterocycles. The van der Waals surface area contributed by atoms with Gasteiger partial charge in [-0.3, -0.25) is 5.41 Å². The smallest absolute Gasteiger partial charge is 0.137 e. The summed E-state index contributed by atoms with van der Waals surface area (Å²) < 4.78 is 27.1. The first kappa shape index (κ1) is 13.2. The van der Waals surface area contributed by atoms with Crippen LogP contribution in [0.3, 0.4) is 0 Å². The molecule has 102 valence electrons. The molecule has 0 aromatic heterocycles. The normalized spacial score (nSPS) is 13.8. The number of hydrogen-bond acceptors (Lipinski definition) is 1. The number of aryl methyl sites for hydroxylation is 1. The third kappa shape index (κ3) is 2.02. The molecule has 2 aromatic carbocycles. The molecule has 0 saturated carbocycles. The number of benzene rings is 2. The molecule has 0 aliphatic carbocycles. The highest BCUT2D eigenvalue weighted by Gasteiger charge is 2.27. The Hall–Kier alpha value is -1.75. The lowest BCUT2D eigenvalue weighted by atomic mass is 10.1. The molecule has 1 heterocycles. The van der Waals surface area contributed by atoms with E-state index in [0.29, 0.717) is 16.6 Å². The second-order valence-corrected chi connectivity index (χ2v) is 5.64. The van der Waals surface area contributed by atoms with Crippen molar-refractivity contribution in [2.24, 2.45) is 0 Å². The van der Waals surface area contributed by atoms with Crippen molar-refractivity contribution in [3.05, 3.63) is 63.1 Å². The number of anilines is 1. The first-order valence-electron chi connectivity index (χ1n) is 6.08. The van der Waals surface area contributed by atoms with E-state index < -0.39 is 0 Å². The number of fused-ring (bicyclic) bond motifs is 1. The van der Waals surface area contributed by atoms with Crippen LogP contribution in [0, 0.1) is 24.0 Å². The molecule has 2 nitrogen and oxygen atoms in total. The van der Waals surface area contributed by atoms with Gasteiger partial charge in [-0.15, -0.1) is 0 Å². The minimum atomic E-state index is -0.354. The van der Waals surface area contributed by atoms with Crippen molar-refractivity contribution in [2.45, 2.75) is 13.5 Å². The lowest BCUT2D eigenvalue weighted by molar-refractivity contribution is 0.620. The topological polar surface area (TPSA) is 27.1 Å². The summed E-state index contributed by atoms with van der Waals surface area (Å²) in [5, 5.41) is 8.19. The fourth-order valence-corrected chi connectivity index (χ4v) is 2.77. The number of halogens is 3. The zero-order valence-electron chi connectivity index (χ0n) is 10.7. The summed E-state index contributed by atoms with van der Waals surface area (Å²) in [5.41, 5.74) is 2.98. The van der Waals surface area contributed by atoms with Crippen LogP contribution in [-0.4, -0.2) is 5.84 Å². The summed E-state index contributed by atoms with van der Waals surface area (Å²) in [6.07, 6.45) is 0. The number of amidine groups is 1. The highest BCUT2D eigenvalue weighted by molar-refractivity contribution is 9.10. The van der Waals surface area contributed by atoms with Crippen molar-refractivity contribution in [1.29, 1.82) is 5.41 Å². The van der Waals surface area contributed by atoms with Gasteiger partial charge in [-0.25, -0.2) is 8.78 Å². The van der Waals surface area contributed by atoms with Gasteiger partial charge in [0.05, 0.1) is 11.0 Å². The van der Waals surface area contributed by atoms with Crippen LogP contribution in [0.5, 0.6) is 0 Å². The molecular weight excluding hydrogens is 326 g/mol. The van der Waals surface area contributed by atoms with Crippen LogP contribution < -0.4 is 4.90 Å². The van der Waals surface area contributed by atoms with Gasteiger partial charge in [0.2, 0.25) is 0 Å². The number of hydrogen-bond donors (Lipinski definition) is 1. The summed E-state index contributed by atoms with van der Waals surface area (Å²) in [4.78, 5) is 1.75. The molecule has 2 aromatic rings. The van der Waals surface area contributed by atoms with E-state index in [1.165, 1.54) is 18.2 Å². The third-order valence-corrected chi connectivity index (χ3v) is 4.06. The zero-order chi connectivity index (χ0) is 14.4. The van der Waals surface area contributed by atoms with Crippen molar-refractivity contribution in [1.82, 2.24) is 0 Å². The maximum Gasteiger partial charge on any atom is 0.137 e. The van der Waals surface area contributed by atoms with E-state index in [4.69, 9.17) is 5.41 Å². The lowest BCUT2D eigenvalue weighted by Gasteiger charge is -2.21. The molecule has 0 fully saturated rings. The minimum Gasteiger partial charge on any atom is -0.322 e. The Balaban J connectivity index is 2.07. The molecule has 0 unspecified atom stereocenters. The SMILES string of the molecule is Cc1cc(F)c(Br)cc1N1Cc2ccc(F)cc2C1=N. The first-order chi connectivity index (χ1) is 9.47. The number of nitrogens with one attached hydrogen (secondary N) is 1. The van der Waals surface area contributed by atoms with Crippen molar-refractivity contribution >= 4 is 27.5 Å². The van der Waals surface area contributed by atoms with Crippen molar-refractivity contribution < 1.29 is 8.78 Å². The fraction of sp³-hybridized carbons (Fsp3) is 0.133. The van der Waals surface area contributed by atoms with E-state index in [-0.39, 0.29) is 17.5 Å². The second kappa shape index (κ2) is 4.66. The van der Waals surface area contributed by atoms with Gasteiger partial charge in [-0.1, -0.05) is 6.07 Å². The highest BCUT2D eigenvalue weighted by Crippen LogP contribution is 2.33. The molecule has 0 radical (unpaired) electrons. The van der Waals surface area contributed by atoms with Crippen LogP contribution in [0.1, 0.15) is 16.7 Å². The van der Waals surface area contributed by atoms with Gasteiger partial charge >= 0.3 is 0 Å². The monoisotopic (exact) mass is 336 g/mol. The summed E-state index contributed by atoms with van der Waals surface area (Å²) in [7, 11) is 0. The molecule has 20 heavy (non-hydrogen) atoms. The number of nitrogens with zero attached hydrogens (tertiary/aromatic N) is 1. The van der Waals surface area contributed by atoms with Gasteiger partial charge in [0.25, 0.3) is 0 Å². The fourth-order valence-electron chi connectivity index (χ4n) is 2.43. The summed E-state index contributed by atoms with van der Waals surface area (Å²) in [5.74, 6) is -0.450. The summed E-state index contributed by atoms with van der Waals surface area (Å²) >= 11 is 3.16. The molecule has 0 amide bonds. The van der Waals surface area contributed by atoms with Crippen LogP contribution >= 0.6 is 15.9 Å². The summed E-state index contributed by atoms with van der Waals surface area (Å²) in [6.45, 7) is 2.29. The van der Waals surface area contributed by atoms with Gasteiger partial charge in [-0.05, 0) is 58.2 Å². The zero-order valence-corrected chi connectivity index (χ0v) is 12.3. The second-order valence-electron chi connectivity index (χ2n) is 4.79. The highest BCUT2D eigenvalue weighted by atomic mass is 79.9. The molecule has 0 spiro atoms. The minimum absolute atomic E-state index is 0.237. The molecule has 0 saturated heterocycles. The average Bonchev–Trinajstić information content (AvgIpc) is 2.71. The van der Waals surface area contributed by atoms with Gasteiger partial charge in [-0.2, -0.15) is 0 Å². The predicted octanol–water partition coefficient (Wildman–Crippen LogP) is 4.38. The predicted molar refractivity (Wildman–Crippen MR) is 78.2 cm³/mol. The first-order valence-corrected chi connectivity index (χ1v) is 6.87. The van der Waals surface area contributed by atoms with Crippen LogP contribution in [0.2, 0.25) is 0 Å². The Kier molecular flexibility index (Phi) is 3.09. The van der Waals surface area contributed by atoms with E-state index in [1.807, 2.05) is 0 Å². The lowest BCUT2D eigenvalue weighted by Crippen LogP contribution is -2.24. The van der Waals surface area contributed by atoms with Gasteiger partial charge in [0.15, 0.2) is 0 Å². The van der Waals surface area contributed by atoms with Crippen molar-refractivity contribution in [2.75, 3.05) is 4.90 Å². The molecule has 0 atom stereocenters. The van der Waals surface area contributed by atoms with E-state index in [0.717, 1.165) is 16.8 Å². The molecule has 1 N–H and O–H groups in total. The van der Waals surface area contributed by atoms with Crippen LogP contribution in [0.4, 0.5) is 14.5 Å².